The van der Waals surface area contributed by atoms with Gasteiger partial charge in [0.25, 0.3) is 0 Å². The Labute approximate surface area is 154 Å². The molecular weight excluding hydrogens is 324 g/mol. The lowest BCUT2D eigenvalue weighted by Crippen LogP contribution is -2.35. The van der Waals surface area contributed by atoms with Gasteiger partial charge in [-0.25, -0.2) is 4.79 Å². The summed E-state index contributed by atoms with van der Waals surface area (Å²) in [4.78, 5) is 12.0. The van der Waals surface area contributed by atoms with Crippen LogP contribution in [-0.2, 0) is 19.9 Å². The van der Waals surface area contributed by atoms with Crippen molar-refractivity contribution >= 4 is 5.97 Å². The molecule has 3 nitrogen and oxygen atoms in total. The van der Waals surface area contributed by atoms with E-state index in [9.17, 15) is 4.79 Å². The summed E-state index contributed by atoms with van der Waals surface area (Å²) in [6, 6.07) is 29.9. The second kappa shape index (κ2) is 8.45. The molecule has 0 amide bonds. The highest BCUT2D eigenvalue weighted by molar-refractivity contribution is 5.71. The zero-order valence-corrected chi connectivity index (χ0v) is 14.8. The van der Waals surface area contributed by atoms with Gasteiger partial charge in [-0.05, 0) is 23.6 Å². The van der Waals surface area contributed by atoms with Crippen LogP contribution in [0.5, 0.6) is 0 Å². The first kappa shape index (κ1) is 17.9. The fraction of sp³-hybridized carbons (Fsp3) is 0.174. The van der Waals surface area contributed by atoms with Crippen molar-refractivity contribution < 1.29 is 14.3 Å². The van der Waals surface area contributed by atoms with Gasteiger partial charge < -0.3 is 9.47 Å². The normalized spacial score (nSPS) is 11.1. The van der Waals surface area contributed by atoms with E-state index in [0.717, 1.165) is 16.7 Å². The van der Waals surface area contributed by atoms with E-state index < -0.39 is 5.60 Å². The van der Waals surface area contributed by atoms with E-state index in [2.05, 4.69) is 0 Å². The molecule has 0 fully saturated rings. The molecule has 0 aliphatic heterocycles. The number of carbonyl (C=O) groups excluding carboxylic acids is 1. The van der Waals surface area contributed by atoms with Crippen LogP contribution < -0.4 is 0 Å². The summed E-state index contributed by atoms with van der Waals surface area (Å²) < 4.78 is 11.4. The first-order valence-corrected chi connectivity index (χ1v) is 8.73. The molecule has 0 bridgehead atoms. The van der Waals surface area contributed by atoms with Crippen LogP contribution in [0.25, 0.3) is 0 Å². The van der Waals surface area contributed by atoms with Gasteiger partial charge in [0.2, 0.25) is 0 Å². The fourth-order valence-electron chi connectivity index (χ4n) is 3.14. The Morgan fingerprint density at radius 3 is 1.46 bits per heavy atom. The third-order valence-corrected chi connectivity index (χ3v) is 4.25. The first-order chi connectivity index (χ1) is 12.8. The quantitative estimate of drug-likeness (QED) is 0.465. The third-order valence-electron chi connectivity index (χ3n) is 4.25. The number of rotatable bonds is 7. The fourth-order valence-corrected chi connectivity index (χ4v) is 3.14. The summed E-state index contributed by atoms with van der Waals surface area (Å²) in [5.41, 5.74) is 1.99. The molecule has 0 N–H and O–H groups in total. The van der Waals surface area contributed by atoms with Crippen LogP contribution in [0.2, 0.25) is 0 Å². The highest BCUT2D eigenvalue weighted by Gasteiger charge is 2.38. The van der Waals surface area contributed by atoms with E-state index in [1.807, 2.05) is 91.0 Å². The van der Waals surface area contributed by atoms with Crippen molar-refractivity contribution in [3.05, 3.63) is 108 Å². The maximum absolute atomic E-state index is 12.0. The van der Waals surface area contributed by atoms with Crippen molar-refractivity contribution in [2.45, 2.75) is 12.5 Å². The van der Waals surface area contributed by atoms with Crippen LogP contribution in [0.15, 0.2) is 91.0 Å². The van der Waals surface area contributed by atoms with Gasteiger partial charge in [-0.3, -0.25) is 0 Å². The second-order valence-corrected chi connectivity index (χ2v) is 5.87. The van der Waals surface area contributed by atoms with E-state index in [0.29, 0.717) is 6.61 Å². The van der Waals surface area contributed by atoms with Gasteiger partial charge in [0, 0.05) is 0 Å². The van der Waals surface area contributed by atoms with Crippen LogP contribution in [0.1, 0.15) is 23.6 Å². The predicted octanol–water partition coefficient (Wildman–Crippen LogP) is 4.56. The van der Waals surface area contributed by atoms with Crippen molar-refractivity contribution in [1.82, 2.24) is 0 Å². The summed E-state index contributed by atoms with van der Waals surface area (Å²) in [7, 11) is 0. The van der Waals surface area contributed by atoms with Crippen molar-refractivity contribution in [2.75, 3.05) is 13.2 Å². The molecule has 0 saturated carbocycles. The van der Waals surface area contributed by atoms with Crippen molar-refractivity contribution in [3.63, 3.8) is 0 Å². The summed E-state index contributed by atoms with van der Waals surface area (Å²) >= 11 is 0. The average Bonchev–Trinajstić information content (AvgIpc) is 2.71. The van der Waals surface area contributed by atoms with E-state index in [4.69, 9.17) is 9.47 Å². The van der Waals surface area contributed by atoms with E-state index >= 15 is 0 Å². The molecule has 3 rings (SSSR count). The highest BCUT2D eigenvalue weighted by Crippen LogP contribution is 2.40. The Morgan fingerprint density at radius 2 is 1.12 bits per heavy atom. The Bertz CT molecular complexity index is 717. The van der Waals surface area contributed by atoms with Gasteiger partial charge in [0.15, 0.2) is 0 Å². The van der Waals surface area contributed by atoms with Gasteiger partial charge in [0.05, 0.1) is 6.61 Å². The first-order valence-electron chi connectivity index (χ1n) is 8.73. The molecule has 26 heavy (non-hydrogen) atoms. The molecule has 132 valence electrons. The number of hydrogen-bond acceptors (Lipinski definition) is 3. The molecule has 0 atom stereocenters. The van der Waals surface area contributed by atoms with Gasteiger partial charge in [-0.2, -0.15) is 0 Å². The maximum atomic E-state index is 12.0. The standard InChI is InChI=1S/C23H22O3/c1-2-25-22(24)18-26-23(19-12-6-3-7-13-19,20-14-8-4-9-15-20)21-16-10-5-11-17-21/h3-17H,2,18H2,1H3. The number of ether oxygens (including phenoxy) is 2. The summed E-state index contributed by atoms with van der Waals surface area (Å²) in [6.07, 6.45) is 0. The lowest BCUT2D eigenvalue weighted by atomic mass is 9.80. The van der Waals surface area contributed by atoms with Crippen molar-refractivity contribution in [1.29, 1.82) is 0 Å². The molecule has 0 aliphatic rings. The largest absolute Gasteiger partial charge is 0.464 e. The Balaban J connectivity index is 2.16. The minimum absolute atomic E-state index is 0.132. The maximum Gasteiger partial charge on any atom is 0.332 e. The number of hydrogen-bond donors (Lipinski definition) is 0. The van der Waals surface area contributed by atoms with Crippen molar-refractivity contribution in [2.24, 2.45) is 0 Å². The predicted molar refractivity (Wildman–Crippen MR) is 102 cm³/mol. The van der Waals surface area contributed by atoms with Gasteiger partial charge >= 0.3 is 5.97 Å². The van der Waals surface area contributed by atoms with Crippen LogP contribution in [0.4, 0.5) is 0 Å². The van der Waals surface area contributed by atoms with Gasteiger partial charge in [-0.15, -0.1) is 0 Å². The number of benzene rings is 3. The van der Waals surface area contributed by atoms with E-state index in [-0.39, 0.29) is 12.6 Å². The molecule has 0 aliphatic carbocycles. The Kier molecular flexibility index (Phi) is 5.82. The summed E-state index contributed by atoms with van der Waals surface area (Å²) in [5, 5.41) is 0. The van der Waals surface area contributed by atoms with Crippen LogP contribution in [0.3, 0.4) is 0 Å². The summed E-state index contributed by atoms with van der Waals surface area (Å²) in [5.74, 6) is -0.375. The molecule has 0 radical (unpaired) electrons. The second-order valence-electron chi connectivity index (χ2n) is 5.87. The number of esters is 1. The van der Waals surface area contributed by atoms with Crippen molar-refractivity contribution in [3.8, 4) is 0 Å². The molecule has 3 aromatic rings. The Morgan fingerprint density at radius 1 is 0.731 bits per heavy atom. The molecule has 3 heteroatoms. The average molecular weight is 346 g/mol. The zero-order valence-electron chi connectivity index (χ0n) is 14.8. The zero-order chi connectivity index (χ0) is 18.2. The van der Waals surface area contributed by atoms with Crippen LogP contribution in [-0.4, -0.2) is 19.2 Å². The molecule has 0 aromatic heterocycles. The lowest BCUT2D eigenvalue weighted by molar-refractivity contribution is -0.152. The van der Waals surface area contributed by atoms with Crippen LogP contribution >= 0.6 is 0 Å². The highest BCUT2D eigenvalue weighted by atomic mass is 16.6. The van der Waals surface area contributed by atoms with Gasteiger partial charge in [0.1, 0.15) is 12.2 Å². The molecule has 0 heterocycles. The van der Waals surface area contributed by atoms with Gasteiger partial charge in [-0.1, -0.05) is 91.0 Å². The molecular formula is C23H22O3. The Hall–Kier alpha value is -2.91. The molecule has 3 aromatic carbocycles. The molecule has 0 unspecified atom stereocenters. The SMILES string of the molecule is CCOC(=O)COC(c1ccccc1)(c1ccccc1)c1ccccc1. The minimum atomic E-state index is -0.892. The molecule has 0 spiro atoms. The van der Waals surface area contributed by atoms with Crippen LogP contribution in [0, 0.1) is 0 Å². The topological polar surface area (TPSA) is 35.5 Å². The third kappa shape index (κ3) is 3.68. The summed E-state index contributed by atoms with van der Waals surface area (Å²) in [6.45, 7) is 1.99. The number of carbonyl (C=O) groups is 1. The van der Waals surface area contributed by atoms with E-state index in [1.165, 1.54) is 0 Å². The molecule has 0 saturated heterocycles. The lowest BCUT2D eigenvalue weighted by Gasteiger charge is -2.35. The van der Waals surface area contributed by atoms with E-state index in [1.54, 1.807) is 6.92 Å². The minimum Gasteiger partial charge on any atom is -0.464 e. The smallest absolute Gasteiger partial charge is 0.332 e. The monoisotopic (exact) mass is 346 g/mol.